The number of tetrazole rings is 1. The van der Waals surface area contributed by atoms with Crippen LogP contribution in [-0.4, -0.2) is 50.0 Å². The van der Waals surface area contributed by atoms with E-state index in [1.54, 1.807) is 18.1 Å². The number of carbonyl (C=O) groups is 1. The molecule has 0 saturated carbocycles. The Bertz CT molecular complexity index is 1120. The largest absolute Gasteiger partial charge is 0.423 e. The van der Waals surface area contributed by atoms with E-state index in [-0.39, 0.29) is 12.5 Å². The van der Waals surface area contributed by atoms with Crippen LogP contribution in [0.4, 0.5) is 11.7 Å². The van der Waals surface area contributed by atoms with Gasteiger partial charge in [0, 0.05) is 30.4 Å². The van der Waals surface area contributed by atoms with E-state index >= 15 is 0 Å². The third-order valence-electron chi connectivity index (χ3n) is 4.54. The highest BCUT2D eigenvalue weighted by Gasteiger charge is 2.14. The van der Waals surface area contributed by atoms with Crippen LogP contribution in [0.5, 0.6) is 0 Å². The minimum absolute atomic E-state index is 0.0272. The Balaban J connectivity index is 1.50. The van der Waals surface area contributed by atoms with Crippen molar-refractivity contribution in [1.29, 1.82) is 0 Å². The van der Waals surface area contributed by atoms with Gasteiger partial charge < -0.3 is 20.4 Å². The van der Waals surface area contributed by atoms with Crippen LogP contribution in [0.3, 0.4) is 0 Å². The quantitative estimate of drug-likeness (QED) is 0.426. The monoisotopic (exact) mass is 404 g/mol. The zero-order valence-corrected chi connectivity index (χ0v) is 16.2. The number of hydrogen-bond acceptors (Lipinski definition) is 8. The average Bonchev–Trinajstić information content (AvgIpc) is 3.46. The SMILES string of the molecule is CN(Cc1ccccc1-c1cnc(Nc2ccc(-c3nn[nH]n3)cc2)o1)C(=O)CN. The molecule has 0 aliphatic rings. The summed E-state index contributed by atoms with van der Waals surface area (Å²) in [6.07, 6.45) is 1.65. The highest BCUT2D eigenvalue weighted by atomic mass is 16.4. The van der Waals surface area contributed by atoms with E-state index < -0.39 is 0 Å². The van der Waals surface area contributed by atoms with Crippen molar-refractivity contribution in [3.63, 3.8) is 0 Å². The second-order valence-electron chi connectivity index (χ2n) is 6.58. The molecule has 152 valence electrons. The molecule has 0 unspecified atom stereocenters. The minimum atomic E-state index is -0.131. The fraction of sp³-hybridized carbons (Fsp3) is 0.150. The first kappa shape index (κ1) is 19.3. The predicted octanol–water partition coefficient (Wildman–Crippen LogP) is 2.18. The summed E-state index contributed by atoms with van der Waals surface area (Å²) >= 11 is 0. The smallest absolute Gasteiger partial charge is 0.299 e. The summed E-state index contributed by atoms with van der Waals surface area (Å²) in [5.74, 6) is 0.994. The number of benzene rings is 2. The van der Waals surface area contributed by atoms with Crippen molar-refractivity contribution in [1.82, 2.24) is 30.5 Å². The number of carbonyl (C=O) groups excluding carboxylic acids is 1. The number of nitrogens with zero attached hydrogens (tertiary/aromatic N) is 5. The molecule has 4 N–H and O–H groups in total. The molecule has 0 aliphatic heterocycles. The zero-order valence-electron chi connectivity index (χ0n) is 16.2. The molecule has 4 aromatic rings. The van der Waals surface area contributed by atoms with Crippen LogP contribution in [0, 0.1) is 0 Å². The van der Waals surface area contributed by atoms with Crippen molar-refractivity contribution in [2.75, 3.05) is 18.9 Å². The Morgan fingerprint density at radius 2 is 2.00 bits per heavy atom. The summed E-state index contributed by atoms with van der Waals surface area (Å²) in [4.78, 5) is 17.7. The van der Waals surface area contributed by atoms with Crippen molar-refractivity contribution in [3.05, 3.63) is 60.3 Å². The Morgan fingerprint density at radius 1 is 1.20 bits per heavy atom. The van der Waals surface area contributed by atoms with Crippen LogP contribution in [-0.2, 0) is 11.3 Å². The molecular weight excluding hydrogens is 384 g/mol. The molecular formula is C20H20N8O2. The predicted molar refractivity (Wildman–Crippen MR) is 110 cm³/mol. The van der Waals surface area contributed by atoms with E-state index in [2.05, 4.69) is 30.9 Å². The molecule has 0 radical (unpaired) electrons. The van der Waals surface area contributed by atoms with Gasteiger partial charge in [0.05, 0.1) is 12.7 Å². The molecule has 0 fully saturated rings. The summed E-state index contributed by atoms with van der Waals surface area (Å²) in [5, 5.41) is 17.0. The normalized spacial score (nSPS) is 10.7. The van der Waals surface area contributed by atoms with Crippen molar-refractivity contribution in [2.24, 2.45) is 5.73 Å². The van der Waals surface area contributed by atoms with Gasteiger partial charge in [0.15, 0.2) is 5.76 Å². The maximum Gasteiger partial charge on any atom is 0.299 e. The van der Waals surface area contributed by atoms with Gasteiger partial charge in [-0.05, 0) is 35.0 Å². The number of amides is 1. The fourth-order valence-corrected chi connectivity index (χ4v) is 2.96. The summed E-state index contributed by atoms with van der Waals surface area (Å²) in [5.41, 5.74) is 8.89. The maximum atomic E-state index is 11.8. The molecule has 4 rings (SSSR count). The number of likely N-dealkylation sites (N-methyl/N-ethyl adjacent to an activating group) is 1. The molecule has 2 heterocycles. The van der Waals surface area contributed by atoms with E-state index in [4.69, 9.17) is 10.2 Å². The van der Waals surface area contributed by atoms with Gasteiger partial charge in [0.2, 0.25) is 11.7 Å². The fourth-order valence-electron chi connectivity index (χ4n) is 2.96. The third-order valence-corrected chi connectivity index (χ3v) is 4.54. The lowest BCUT2D eigenvalue weighted by atomic mass is 10.1. The number of aromatic nitrogens is 5. The Morgan fingerprint density at radius 3 is 2.73 bits per heavy atom. The van der Waals surface area contributed by atoms with Crippen molar-refractivity contribution >= 4 is 17.6 Å². The van der Waals surface area contributed by atoms with Crippen LogP contribution < -0.4 is 11.1 Å². The Labute approximate surface area is 172 Å². The number of aromatic amines is 1. The molecule has 0 aliphatic carbocycles. The number of nitrogens with two attached hydrogens (primary N) is 1. The first-order chi connectivity index (χ1) is 14.6. The molecule has 0 atom stereocenters. The lowest BCUT2D eigenvalue weighted by Gasteiger charge is -2.17. The van der Waals surface area contributed by atoms with Crippen LogP contribution in [0.15, 0.2) is 59.1 Å². The van der Waals surface area contributed by atoms with Gasteiger partial charge >= 0.3 is 0 Å². The molecule has 10 nitrogen and oxygen atoms in total. The van der Waals surface area contributed by atoms with E-state index in [1.807, 2.05) is 48.5 Å². The van der Waals surface area contributed by atoms with Gasteiger partial charge in [-0.2, -0.15) is 5.21 Å². The first-order valence-electron chi connectivity index (χ1n) is 9.23. The van der Waals surface area contributed by atoms with Crippen LogP contribution >= 0.6 is 0 Å². The van der Waals surface area contributed by atoms with E-state index in [0.29, 0.717) is 24.1 Å². The number of anilines is 2. The molecule has 1 amide bonds. The van der Waals surface area contributed by atoms with Crippen LogP contribution in [0.1, 0.15) is 5.56 Å². The Hall–Kier alpha value is -4.05. The molecule has 0 bridgehead atoms. The van der Waals surface area contributed by atoms with Crippen LogP contribution in [0.25, 0.3) is 22.7 Å². The number of oxazole rings is 1. The van der Waals surface area contributed by atoms with Gasteiger partial charge in [-0.3, -0.25) is 4.79 Å². The molecule has 30 heavy (non-hydrogen) atoms. The maximum absolute atomic E-state index is 11.8. The number of H-pyrrole nitrogens is 1. The van der Waals surface area contributed by atoms with Crippen molar-refractivity contribution in [2.45, 2.75) is 6.54 Å². The summed E-state index contributed by atoms with van der Waals surface area (Å²) in [7, 11) is 1.72. The van der Waals surface area contributed by atoms with Crippen molar-refractivity contribution < 1.29 is 9.21 Å². The van der Waals surface area contributed by atoms with Gasteiger partial charge in [-0.1, -0.05) is 24.3 Å². The molecule has 10 heteroatoms. The van der Waals surface area contributed by atoms with E-state index in [9.17, 15) is 4.79 Å². The summed E-state index contributed by atoms with van der Waals surface area (Å²) in [6.45, 7) is 0.397. The average molecular weight is 404 g/mol. The number of hydrogen-bond donors (Lipinski definition) is 3. The first-order valence-corrected chi connectivity index (χ1v) is 9.23. The Kier molecular flexibility index (Phi) is 5.48. The lowest BCUT2D eigenvalue weighted by Crippen LogP contribution is -2.32. The highest BCUT2D eigenvalue weighted by molar-refractivity contribution is 5.78. The second-order valence-corrected chi connectivity index (χ2v) is 6.58. The molecule has 2 aromatic carbocycles. The van der Waals surface area contributed by atoms with Crippen molar-refractivity contribution in [3.8, 4) is 22.7 Å². The van der Waals surface area contributed by atoms with Crippen LogP contribution in [0.2, 0.25) is 0 Å². The molecule has 0 spiro atoms. The lowest BCUT2D eigenvalue weighted by molar-refractivity contribution is -0.128. The topological polar surface area (TPSA) is 139 Å². The summed E-state index contributed by atoms with van der Waals surface area (Å²) in [6, 6.07) is 15.6. The van der Waals surface area contributed by atoms with Gasteiger partial charge in [-0.15, -0.1) is 10.2 Å². The molecule has 2 aromatic heterocycles. The standard InChI is InChI=1S/C20H20N8O2/c1-28(18(29)10-21)12-14-4-2-3-5-16(14)17-11-22-20(30-17)23-15-8-6-13(7-9-15)19-24-26-27-25-19/h2-9,11H,10,12,21H2,1H3,(H,22,23)(H,24,25,26,27). The van der Waals surface area contributed by atoms with Gasteiger partial charge in [0.25, 0.3) is 6.01 Å². The van der Waals surface area contributed by atoms with E-state index in [0.717, 1.165) is 22.4 Å². The summed E-state index contributed by atoms with van der Waals surface area (Å²) < 4.78 is 5.90. The number of nitrogens with one attached hydrogen (secondary N) is 2. The minimum Gasteiger partial charge on any atom is -0.423 e. The third kappa shape index (κ3) is 4.18. The van der Waals surface area contributed by atoms with Gasteiger partial charge in [-0.25, -0.2) is 4.98 Å². The second kappa shape index (κ2) is 8.53. The van der Waals surface area contributed by atoms with E-state index in [1.165, 1.54) is 0 Å². The highest BCUT2D eigenvalue weighted by Crippen LogP contribution is 2.28. The zero-order chi connectivity index (χ0) is 20.9. The van der Waals surface area contributed by atoms with Gasteiger partial charge in [0.1, 0.15) is 0 Å². The number of rotatable bonds is 7. The molecule has 0 saturated heterocycles.